The van der Waals surface area contributed by atoms with Crippen LogP contribution in [0.15, 0.2) is 24.3 Å². The number of aryl methyl sites for hydroxylation is 1. The van der Waals surface area contributed by atoms with Crippen LogP contribution in [0.3, 0.4) is 0 Å². The Morgan fingerprint density at radius 2 is 1.73 bits per heavy atom. The summed E-state index contributed by atoms with van der Waals surface area (Å²) in [7, 11) is 0. The summed E-state index contributed by atoms with van der Waals surface area (Å²) in [5, 5.41) is 6.18. The molecule has 1 saturated carbocycles. The topological polar surface area (TPSA) is 87.7 Å². The van der Waals surface area contributed by atoms with Gasteiger partial charge in [0.2, 0.25) is 17.7 Å². The SMILES string of the molecule is CC.CCC1C(=O)N(C(C)(C)C)C(C(=O)NC2CCCCC2)COC(C)C1C(=O)Nc1cccc(C)c1. The third-order valence-electron chi connectivity index (χ3n) is 7.33. The lowest BCUT2D eigenvalue weighted by Crippen LogP contribution is -2.64. The van der Waals surface area contributed by atoms with E-state index in [1.54, 1.807) is 4.90 Å². The number of amides is 3. The largest absolute Gasteiger partial charge is 0.375 e. The monoisotopic (exact) mass is 515 g/mol. The Hall–Kier alpha value is -2.41. The maximum Gasteiger partial charge on any atom is 0.245 e. The summed E-state index contributed by atoms with van der Waals surface area (Å²) in [5.74, 6) is -1.82. The zero-order valence-corrected chi connectivity index (χ0v) is 24.2. The number of nitrogens with one attached hydrogen (secondary N) is 2. The highest BCUT2D eigenvalue weighted by Gasteiger charge is 2.47. The fourth-order valence-electron chi connectivity index (χ4n) is 5.54. The average molecular weight is 516 g/mol. The van der Waals surface area contributed by atoms with Crippen molar-refractivity contribution in [2.45, 2.75) is 118 Å². The molecule has 4 atom stereocenters. The summed E-state index contributed by atoms with van der Waals surface area (Å²) < 4.78 is 6.19. The summed E-state index contributed by atoms with van der Waals surface area (Å²) >= 11 is 0. The van der Waals surface area contributed by atoms with Crippen LogP contribution in [0, 0.1) is 18.8 Å². The highest BCUT2D eigenvalue weighted by molar-refractivity contribution is 5.98. The molecule has 1 aliphatic heterocycles. The fraction of sp³-hybridized carbons (Fsp3) is 0.700. The molecule has 7 nitrogen and oxygen atoms in total. The van der Waals surface area contributed by atoms with Crippen LogP contribution in [0.4, 0.5) is 5.69 Å². The van der Waals surface area contributed by atoms with Crippen LogP contribution in [0.5, 0.6) is 0 Å². The lowest BCUT2D eigenvalue weighted by atomic mass is 9.81. The van der Waals surface area contributed by atoms with Gasteiger partial charge in [-0.05, 0) is 71.6 Å². The van der Waals surface area contributed by atoms with Gasteiger partial charge in [-0.2, -0.15) is 0 Å². The minimum atomic E-state index is -0.735. The molecule has 0 spiro atoms. The predicted octanol–water partition coefficient (Wildman–Crippen LogP) is 5.47. The highest BCUT2D eigenvalue weighted by Crippen LogP contribution is 2.33. The van der Waals surface area contributed by atoms with E-state index in [4.69, 9.17) is 4.74 Å². The molecule has 208 valence electrons. The summed E-state index contributed by atoms with van der Waals surface area (Å²) in [6.07, 6.45) is 5.33. The molecule has 37 heavy (non-hydrogen) atoms. The van der Waals surface area contributed by atoms with E-state index in [1.807, 2.05) is 79.7 Å². The van der Waals surface area contributed by atoms with Crippen molar-refractivity contribution in [2.75, 3.05) is 11.9 Å². The summed E-state index contributed by atoms with van der Waals surface area (Å²) in [6.45, 7) is 15.6. The zero-order chi connectivity index (χ0) is 27.8. The quantitative estimate of drug-likeness (QED) is 0.545. The summed E-state index contributed by atoms with van der Waals surface area (Å²) in [4.78, 5) is 42.6. The third-order valence-corrected chi connectivity index (χ3v) is 7.33. The van der Waals surface area contributed by atoms with Gasteiger partial charge in [0, 0.05) is 17.3 Å². The second kappa shape index (κ2) is 13.9. The first-order chi connectivity index (χ1) is 17.5. The lowest BCUT2D eigenvalue weighted by Gasteiger charge is -2.46. The fourth-order valence-corrected chi connectivity index (χ4v) is 5.54. The summed E-state index contributed by atoms with van der Waals surface area (Å²) in [6, 6.07) is 7.02. The van der Waals surface area contributed by atoms with Crippen molar-refractivity contribution in [1.29, 1.82) is 0 Å². The van der Waals surface area contributed by atoms with Gasteiger partial charge in [-0.1, -0.05) is 52.2 Å². The van der Waals surface area contributed by atoms with Crippen molar-refractivity contribution in [3.8, 4) is 0 Å². The maximum absolute atomic E-state index is 14.1. The molecule has 1 saturated heterocycles. The molecule has 2 aliphatic rings. The van der Waals surface area contributed by atoms with Crippen LogP contribution in [0.25, 0.3) is 0 Å². The predicted molar refractivity (Wildman–Crippen MR) is 149 cm³/mol. The Balaban J connectivity index is 0.00000235. The Morgan fingerprint density at radius 3 is 2.30 bits per heavy atom. The number of carbonyl (C=O) groups excluding carboxylic acids is 3. The maximum atomic E-state index is 14.1. The number of rotatable bonds is 5. The number of ether oxygens (including phenoxy) is 1. The normalized spacial score (nSPS) is 25.3. The van der Waals surface area contributed by atoms with E-state index in [0.717, 1.165) is 31.2 Å². The van der Waals surface area contributed by atoms with Crippen molar-refractivity contribution in [1.82, 2.24) is 10.2 Å². The van der Waals surface area contributed by atoms with Crippen LogP contribution in [0.2, 0.25) is 0 Å². The Morgan fingerprint density at radius 1 is 1.08 bits per heavy atom. The molecule has 3 amide bonds. The molecule has 0 radical (unpaired) electrons. The number of anilines is 1. The molecule has 7 heteroatoms. The first kappa shape index (κ1) is 30.8. The molecular formula is C30H49N3O4. The van der Waals surface area contributed by atoms with Crippen LogP contribution < -0.4 is 10.6 Å². The van der Waals surface area contributed by atoms with E-state index in [1.165, 1.54) is 6.42 Å². The van der Waals surface area contributed by atoms with Crippen molar-refractivity contribution >= 4 is 23.4 Å². The molecule has 0 aromatic heterocycles. The third kappa shape index (κ3) is 8.03. The number of nitrogens with zero attached hydrogens (tertiary/aromatic N) is 1. The van der Waals surface area contributed by atoms with Gasteiger partial charge in [0.05, 0.1) is 24.5 Å². The molecule has 0 bridgehead atoms. The number of hydrogen-bond acceptors (Lipinski definition) is 4. The van der Waals surface area contributed by atoms with E-state index in [9.17, 15) is 14.4 Å². The standard InChI is InChI=1S/C28H43N3O4.C2H6/c1-7-22-24(26(33)30-21-15-11-12-18(2)16-21)19(3)35-17-23(31(27(22)34)28(4,5)6)25(32)29-20-13-9-8-10-14-20;1-2/h11-12,15-16,19-20,22-24H,7-10,13-14,17H2,1-6H3,(H,29,32)(H,30,33);1-2H3. The van der Waals surface area contributed by atoms with E-state index in [0.29, 0.717) is 12.1 Å². The molecule has 2 fully saturated rings. The Kier molecular flexibility index (Phi) is 11.6. The van der Waals surface area contributed by atoms with E-state index < -0.39 is 29.5 Å². The lowest BCUT2D eigenvalue weighted by molar-refractivity contribution is -0.166. The molecule has 4 unspecified atom stereocenters. The minimum Gasteiger partial charge on any atom is -0.375 e. The van der Waals surface area contributed by atoms with Gasteiger partial charge >= 0.3 is 0 Å². The van der Waals surface area contributed by atoms with Crippen molar-refractivity contribution in [3.05, 3.63) is 29.8 Å². The van der Waals surface area contributed by atoms with Crippen molar-refractivity contribution < 1.29 is 19.1 Å². The van der Waals surface area contributed by atoms with Crippen molar-refractivity contribution in [3.63, 3.8) is 0 Å². The zero-order valence-electron chi connectivity index (χ0n) is 24.2. The van der Waals surface area contributed by atoms with Crippen LogP contribution in [0.1, 0.15) is 92.6 Å². The van der Waals surface area contributed by atoms with E-state index in [2.05, 4.69) is 10.6 Å². The van der Waals surface area contributed by atoms with Crippen LogP contribution >= 0.6 is 0 Å². The van der Waals surface area contributed by atoms with Gasteiger partial charge in [0.1, 0.15) is 6.04 Å². The number of benzene rings is 1. The first-order valence-electron chi connectivity index (χ1n) is 14.2. The number of hydrogen-bond donors (Lipinski definition) is 2. The summed E-state index contributed by atoms with van der Waals surface area (Å²) in [5.41, 5.74) is 1.13. The second-order valence-electron chi connectivity index (χ2n) is 11.2. The molecule has 1 aromatic carbocycles. The van der Waals surface area contributed by atoms with Crippen molar-refractivity contribution in [2.24, 2.45) is 11.8 Å². The molecule has 1 aromatic rings. The van der Waals surface area contributed by atoms with Crippen LogP contribution in [-0.4, -0.2) is 53.0 Å². The molecule has 1 aliphatic carbocycles. The van der Waals surface area contributed by atoms with Gasteiger partial charge in [-0.25, -0.2) is 0 Å². The molecular weight excluding hydrogens is 466 g/mol. The van der Waals surface area contributed by atoms with E-state index >= 15 is 0 Å². The second-order valence-corrected chi connectivity index (χ2v) is 11.2. The first-order valence-corrected chi connectivity index (χ1v) is 14.2. The molecule has 2 N–H and O–H groups in total. The smallest absolute Gasteiger partial charge is 0.245 e. The highest BCUT2D eigenvalue weighted by atomic mass is 16.5. The Bertz CT molecular complexity index is 904. The average Bonchev–Trinajstić information content (AvgIpc) is 2.84. The molecule has 3 rings (SSSR count). The van der Waals surface area contributed by atoms with Gasteiger partial charge in [0.25, 0.3) is 0 Å². The van der Waals surface area contributed by atoms with Gasteiger partial charge < -0.3 is 20.3 Å². The van der Waals surface area contributed by atoms with E-state index in [-0.39, 0.29) is 30.4 Å². The Labute approximate surface area is 224 Å². The number of carbonyl (C=O) groups is 3. The molecule has 1 heterocycles. The van der Waals surface area contributed by atoms with Gasteiger partial charge in [-0.3, -0.25) is 14.4 Å². The minimum absolute atomic E-state index is 0.0629. The van der Waals surface area contributed by atoms with Gasteiger partial charge in [-0.15, -0.1) is 0 Å². The van der Waals surface area contributed by atoms with Gasteiger partial charge in [0.15, 0.2) is 0 Å². The van der Waals surface area contributed by atoms with Crippen LogP contribution in [-0.2, 0) is 19.1 Å².